The zero-order valence-electron chi connectivity index (χ0n) is 38.8. The largest absolute Gasteiger partial charge is 0.356 e. The van der Waals surface area contributed by atoms with Gasteiger partial charge >= 0.3 is 0 Å². The van der Waals surface area contributed by atoms with Crippen LogP contribution in [-0.2, 0) is 11.8 Å². The van der Waals surface area contributed by atoms with Crippen molar-refractivity contribution >= 4 is 17.5 Å². The summed E-state index contributed by atoms with van der Waals surface area (Å²) in [7, 11) is 1.68. The molecule has 2 saturated carbocycles. The Morgan fingerprint density at radius 2 is 1.61 bits per heavy atom. The number of aryl methyl sites for hydroxylation is 2. The number of hydrogen-bond acceptors (Lipinski definition) is 5. The molecule has 0 bridgehead atoms. The van der Waals surface area contributed by atoms with Crippen molar-refractivity contribution in [1.29, 1.82) is 5.41 Å². The highest BCUT2D eigenvalue weighted by Crippen LogP contribution is 2.60. The van der Waals surface area contributed by atoms with Gasteiger partial charge in [0.25, 0.3) is 11.8 Å². The Bertz CT molecular complexity index is 1330. The molecule has 1 aliphatic heterocycles. The number of aromatic nitrogens is 4. The van der Waals surface area contributed by atoms with E-state index in [1.807, 2.05) is 41.5 Å². The van der Waals surface area contributed by atoms with Gasteiger partial charge in [-0.15, -0.1) is 12.8 Å². The third kappa shape index (κ3) is 24.7. The van der Waals surface area contributed by atoms with Crippen LogP contribution in [0, 0.1) is 41.9 Å². The number of hydrogen-bond donors (Lipinski definition) is 4. The summed E-state index contributed by atoms with van der Waals surface area (Å²) in [6, 6.07) is 1.22. The van der Waals surface area contributed by atoms with Crippen LogP contribution in [0.15, 0.2) is 18.5 Å². The molecular weight excluding hydrogens is 721 g/mol. The molecule has 2 aromatic rings. The highest BCUT2D eigenvalue weighted by Gasteiger charge is 2.58. The van der Waals surface area contributed by atoms with E-state index in [2.05, 4.69) is 73.2 Å². The van der Waals surface area contributed by atoms with E-state index in [9.17, 15) is 18.4 Å². The Labute approximate surface area is 348 Å². The third-order valence-electron chi connectivity index (χ3n) is 10.5. The van der Waals surface area contributed by atoms with Crippen LogP contribution in [-0.4, -0.2) is 49.7 Å². The normalized spacial score (nSPS) is 15.9. The molecule has 2 amide bonds. The maximum absolute atomic E-state index is 13.8. The average Bonchev–Trinajstić information content (AvgIpc) is 4.10. The van der Waals surface area contributed by atoms with Gasteiger partial charge in [-0.25, -0.2) is 13.8 Å². The monoisotopic (exact) mass is 806 g/mol. The number of H-pyrrole nitrogens is 1. The summed E-state index contributed by atoms with van der Waals surface area (Å²) in [5, 5.41) is 16.4. The standard InChI is InChI=1S/C17H23F2N5O.C10H20.C5H9NO.C4H9N.C4H10.2C2H6.C2H2/c1-11-20-10-13(22-11)12(4-6-17(7-8-17)16(2,18)19)23-15(25)14-5-9-21-24(14)3;1-4-9(3)8-10(5-2)6-7-10;7-5-3-1-2-4-6-5;1-3-4(2)5;1-3-4-2;3*1-2/h5,9-10,12H,4,6-8H2,1-3H3,(H,20,22)(H,23,25);9H,4-8H2,1-3H3;1-4H2,(H,6,7);5H,3H2,1-2H3;3-4H2,1-2H3;2*1-2H3;1-2H. The van der Waals surface area contributed by atoms with E-state index >= 15 is 0 Å². The van der Waals surface area contributed by atoms with E-state index in [-0.39, 0.29) is 11.8 Å². The SMILES string of the molecule is C#C.CC.CC.CCC(C)=N.CCC(C)CC1(CC)CC1.CCCC.Cc1ncc(C(CCC2(C(C)(F)F)CC2)NC(=O)c2ccnn2C)[nH]1.O=C1CCCCN1. The van der Waals surface area contributed by atoms with Crippen molar-refractivity contribution in [3.63, 3.8) is 0 Å². The fourth-order valence-electron chi connectivity index (χ4n) is 5.72. The molecule has 1 saturated heterocycles. The first-order valence-corrected chi connectivity index (χ1v) is 21.8. The number of alkyl halides is 2. The number of amides is 2. The van der Waals surface area contributed by atoms with Gasteiger partial charge in [-0.2, -0.15) is 5.10 Å². The van der Waals surface area contributed by atoms with E-state index in [1.165, 1.54) is 49.6 Å². The van der Waals surface area contributed by atoms with E-state index in [0.717, 1.165) is 67.7 Å². The van der Waals surface area contributed by atoms with Crippen LogP contribution in [0.3, 0.4) is 0 Å². The molecule has 2 unspecified atom stereocenters. The number of carbonyl (C=O) groups is 2. The molecule has 5 rings (SSSR count). The minimum absolute atomic E-state index is 0.214. The number of aromatic amines is 1. The van der Waals surface area contributed by atoms with Crippen LogP contribution in [0.5, 0.6) is 0 Å². The summed E-state index contributed by atoms with van der Waals surface area (Å²) in [5.41, 5.74) is 1.78. The first kappa shape index (κ1) is 57.8. The molecule has 2 atom stereocenters. The van der Waals surface area contributed by atoms with Crippen LogP contribution in [0.1, 0.15) is 207 Å². The summed E-state index contributed by atoms with van der Waals surface area (Å²) >= 11 is 0. The molecule has 9 nitrogen and oxygen atoms in total. The fourth-order valence-corrected chi connectivity index (χ4v) is 5.72. The van der Waals surface area contributed by atoms with Crippen LogP contribution in [0.4, 0.5) is 8.78 Å². The van der Waals surface area contributed by atoms with Gasteiger partial charge in [-0.05, 0) is 102 Å². The van der Waals surface area contributed by atoms with Crippen molar-refractivity contribution in [3.8, 4) is 12.8 Å². The summed E-state index contributed by atoms with van der Waals surface area (Å²) in [5.74, 6) is -1.09. The maximum atomic E-state index is 13.8. The van der Waals surface area contributed by atoms with Crippen LogP contribution >= 0.6 is 0 Å². The third-order valence-corrected chi connectivity index (χ3v) is 10.5. The number of unbranched alkanes of at least 4 members (excludes halogenated alkanes) is 1. The second kappa shape index (κ2) is 32.4. The molecule has 11 heteroatoms. The van der Waals surface area contributed by atoms with Crippen molar-refractivity contribution in [1.82, 2.24) is 30.4 Å². The lowest BCUT2D eigenvalue weighted by Gasteiger charge is -2.25. The number of carbonyl (C=O) groups excluding carboxylic acids is 2. The molecule has 3 heterocycles. The zero-order chi connectivity index (χ0) is 44.7. The summed E-state index contributed by atoms with van der Waals surface area (Å²) in [4.78, 5) is 30.1. The first-order valence-electron chi connectivity index (χ1n) is 21.8. The van der Waals surface area contributed by atoms with Crippen molar-refractivity contribution in [2.24, 2.45) is 23.8 Å². The number of terminal acetylenes is 1. The predicted octanol–water partition coefficient (Wildman–Crippen LogP) is 12.6. The van der Waals surface area contributed by atoms with E-state index < -0.39 is 17.4 Å². The van der Waals surface area contributed by atoms with Gasteiger partial charge in [-0.1, -0.05) is 94.9 Å². The van der Waals surface area contributed by atoms with E-state index in [0.29, 0.717) is 31.4 Å². The number of imidazole rings is 1. The molecule has 3 aliphatic rings. The Morgan fingerprint density at radius 3 is 1.91 bits per heavy atom. The van der Waals surface area contributed by atoms with Crippen LogP contribution < -0.4 is 10.6 Å². The number of halogens is 2. The van der Waals surface area contributed by atoms with E-state index in [1.54, 1.807) is 32.4 Å². The lowest BCUT2D eigenvalue weighted by Crippen LogP contribution is -2.32. The quantitative estimate of drug-likeness (QED) is 0.119. The summed E-state index contributed by atoms with van der Waals surface area (Å²) in [6.07, 6.45) is 26.8. The molecule has 0 spiro atoms. The Hall–Kier alpha value is -3.55. The number of nitrogens with one attached hydrogen (secondary N) is 4. The minimum atomic E-state index is -2.70. The molecule has 2 aromatic heterocycles. The van der Waals surface area contributed by atoms with Crippen molar-refractivity contribution in [2.45, 2.75) is 198 Å². The Morgan fingerprint density at radius 1 is 1.05 bits per heavy atom. The Balaban J connectivity index is -0.000000748. The minimum Gasteiger partial charge on any atom is -0.356 e. The molecular formula is C46H85F2N7O2. The number of nitrogens with zero attached hydrogens (tertiary/aromatic N) is 3. The second-order valence-corrected chi connectivity index (χ2v) is 15.0. The van der Waals surface area contributed by atoms with Gasteiger partial charge in [0.05, 0.1) is 17.9 Å². The number of piperidine rings is 1. The van der Waals surface area contributed by atoms with Gasteiger partial charge in [-0.3, -0.25) is 14.3 Å². The lowest BCUT2D eigenvalue weighted by atomic mass is 9.90. The average molecular weight is 806 g/mol. The van der Waals surface area contributed by atoms with Crippen molar-refractivity contribution in [2.75, 3.05) is 6.54 Å². The maximum Gasteiger partial charge on any atom is 0.270 e. The highest BCUT2D eigenvalue weighted by molar-refractivity contribution is 5.92. The van der Waals surface area contributed by atoms with Gasteiger partial charge in [0.2, 0.25) is 5.91 Å². The van der Waals surface area contributed by atoms with E-state index in [4.69, 9.17) is 5.41 Å². The zero-order valence-corrected chi connectivity index (χ0v) is 38.8. The van der Waals surface area contributed by atoms with Crippen molar-refractivity contribution < 1.29 is 18.4 Å². The molecule has 4 N–H and O–H groups in total. The summed E-state index contributed by atoms with van der Waals surface area (Å²) in [6.45, 7) is 26.9. The topological polar surface area (TPSA) is 129 Å². The van der Waals surface area contributed by atoms with Crippen LogP contribution in [0.25, 0.3) is 0 Å². The molecule has 3 fully saturated rings. The molecule has 0 aromatic carbocycles. The summed E-state index contributed by atoms with van der Waals surface area (Å²) < 4.78 is 29.2. The second-order valence-electron chi connectivity index (χ2n) is 15.0. The van der Waals surface area contributed by atoms with Crippen LogP contribution in [0.2, 0.25) is 0 Å². The van der Waals surface area contributed by atoms with Gasteiger partial charge in [0, 0.05) is 37.3 Å². The molecule has 57 heavy (non-hydrogen) atoms. The first-order chi connectivity index (χ1) is 27.0. The highest BCUT2D eigenvalue weighted by atomic mass is 19.3. The molecule has 330 valence electrons. The predicted molar refractivity (Wildman–Crippen MR) is 238 cm³/mol. The van der Waals surface area contributed by atoms with Gasteiger partial charge in [0.15, 0.2) is 0 Å². The smallest absolute Gasteiger partial charge is 0.270 e. The molecule has 2 aliphatic carbocycles. The Kier molecular flexibility index (Phi) is 32.9. The molecule has 0 radical (unpaired) electrons. The van der Waals surface area contributed by atoms with Gasteiger partial charge < -0.3 is 21.0 Å². The van der Waals surface area contributed by atoms with Crippen molar-refractivity contribution in [3.05, 3.63) is 35.7 Å². The fraction of sp³-hybridized carbons (Fsp3) is 0.761. The number of rotatable bonds is 13. The van der Waals surface area contributed by atoms with Gasteiger partial charge in [0.1, 0.15) is 11.5 Å². The lowest BCUT2D eigenvalue weighted by molar-refractivity contribution is -0.122.